The molecule has 0 fully saturated rings. The molecular weight excluding hydrogens is 309 g/mol. The molecule has 4 nitrogen and oxygen atoms in total. The van der Waals surface area contributed by atoms with E-state index in [0.29, 0.717) is 21.4 Å². The topological polar surface area (TPSA) is 67.1 Å². The van der Waals surface area contributed by atoms with Crippen molar-refractivity contribution in [2.45, 2.75) is 13.0 Å². The highest BCUT2D eigenvalue weighted by Crippen LogP contribution is 2.29. The van der Waals surface area contributed by atoms with Crippen LogP contribution in [0.2, 0.25) is 10.0 Å². The van der Waals surface area contributed by atoms with Gasteiger partial charge < -0.3 is 16.4 Å². The van der Waals surface area contributed by atoms with E-state index >= 15 is 0 Å². The maximum absolute atomic E-state index is 12.0. The molecule has 0 aromatic heterocycles. The average molecular weight is 324 g/mol. The van der Waals surface area contributed by atoms with Gasteiger partial charge in [-0.15, -0.1) is 0 Å². The number of rotatable bonds is 3. The molecule has 21 heavy (non-hydrogen) atoms. The molecule has 2 aromatic rings. The highest BCUT2D eigenvalue weighted by Gasteiger charge is 2.09. The summed E-state index contributed by atoms with van der Waals surface area (Å²) in [5.74, 6) is 0. The summed E-state index contributed by atoms with van der Waals surface area (Å²) in [6, 6.07) is 11.9. The molecule has 0 saturated carbocycles. The van der Waals surface area contributed by atoms with Crippen LogP contribution in [0.5, 0.6) is 0 Å². The Balaban J connectivity index is 2.08. The molecule has 2 rings (SSSR count). The Labute approximate surface area is 133 Å². The highest BCUT2D eigenvalue weighted by molar-refractivity contribution is 6.44. The fourth-order valence-electron chi connectivity index (χ4n) is 1.78. The van der Waals surface area contributed by atoms with E-state index in [2.05, 4.69) is 10.6 Å². The van der Waals surface area contributed by atoms with Gasteiger partial charge in [0, 0.05) is 11.7 Å². The van der Waals surface area contributed by atoms with E-state index in [1.807, 2.05) is 25.1 Å². The van der Waals surface area contributed by atoms with E-state index in [1.54, 1.807) is 24.3 Å². The molecule has 0 aliphatic carbocycles. The van der Waals surface area contributed by atoms with Gasteiger partial charge in [0.15, 0.2) is 0 Å². The van der Waals surface area contributed by atoms with Gasteiger partial charge >= 0.3 is 6.03 Å². The molecule has 0 bridgehead atoms. The number of hydrogen-bond acceptors (Lipinski definition) is 2. The lowest BCUT2D eigenvalue weighted by Gasteiger charge is -2.11. The van der Waals surface area contributed by atoms with E-state index < -0.39 is 6.03 Å². The van der Waals surface area contributed by atoms with Gasteiger partial charge in [-0.1, -0.05) is 41.4 Å². The minimum atomic E-state index is -0.402. The molecule has 2 aromatic carbocycles. The highest BCUT2D eigenvalue weighted by atomic mass is 35.5. The molecule has 110 valence electrons. The largest absolute Gasteiger partial charge is 0.324 e. The third kappa shape index (κ3) is 4.11. The van der Waals surface area contributed by atoms with E-state index in [9.17, 15) is 4.79 Å². The first-order valence-electron chi connectivity index (χ1n) is 6.35. The molecule has 2 amide bonds. The van der Waals surface area contributed by atoms with Crippen molar-refractivity contribution in [3.63, 3.8) is 0 Å². The predicted octanol–water partition coefficient (Wildman–Crippen LogP) is 4.66. The summed E-state index contributed by atoms with van der Waals surface area (Å²) in [4.78, 5) is 12.0. The van der Waals surface area contributed by atoms with Gasteiger partial charge in [0.2, 0.25) is 0 Å². The molecule has 0 saturated heterocycles. The Kier molecular flexibility index (Phi) is 5.07. The predicted molar refractivity (Wildman–Crippen MR) is 88.1 cm³/mol. The van der Waals surface area contributed by atoms with Crippen molar-refractivity contribution in [1.82, 2.24) is 0 Å². The third-order valence-electron chi connectivity index (χ3n) is 2.87. The summed E-state index contributed by atoms with van der Waals surface area (Å²) in [7, 11) is 0. The smallest absolute Gasteiger partial charge is 0.323 e. The lowest BCUT2D eigenvalue weighted by Crippen LogP contribution is -2.20. The number of nitrogens with one attached hydrogen (secondary N) is 2. The molecule has 1 atom stereocenters. The van der Waals surface area contributed by atoms with Crippen LogP contribution in [0, 0.1) is 0 Å². The van der Waals surface area contributed by atoms with Gasteiger partial charge in [0.25, 0.3) is 0 Å². The molecule has 0 spiro atoms. The SMILES string of the molecule is CC(N)c1cccc(NC(=O)Nc2cccc(Cl)c2Cl)c1. The summed E-state index contributed by atoms with van der Waals surface area (Å²) >= 11 is 11.9. The van der Waals surface area contributed by atoms with Gasteiger partial charge in [0.1, 0.15) is 0 Å². The summed E-state index contributed by atoms with van der Waals surface area (Å²) in [5.41, 5.74) is 7.85. The second kappa shape index (κ2) is 6.80. The van der Waals surface area contributed by atoms with Crippen molar-refractivity contribution in [3.8, 4) is 0 Å². The number of carbonyl (C=O) groups is 1. The number of hydrogen-bond donors (Lipinski definition) is 3. The van der Waals surface area contributed by atoms with Gasteiger partial charge in [-0.05, 0) is 36.8 Å². The zero-order valence-corrected chi connectivity index (χ0v) is 12.9. The Morgan fingerprint density at radius 1 is 1.14 bits per heavy atom. The first kappa shape index (κ1) is 15.6. The van der Waals surface area contributed by atoms with E-state index in [4.69, 9.17) is 28.9 Å². The van der Waals surface area contributed by atoms with E-state index in [0.717, 1.165) is 5.56 Å². The van der Waals surface area contributed by atoms with Crippen molar-refractivity contribution in [1.29, 1.82) is 0 Å². The summed E-state index contributed by atoms with van der Waals surface area (Å²) in [6.45, 7) is 1.88. The number of anilines is 2. The second-order valence-corrected chi connectivity index (χ2v) is 5.38. The van der Waals surface area contributed by atoms with Crippen LogP contribution >= 0.6 is 23.2 Å². The minimum Gasteiger partial charge on any atom is -0.324 e. The minimum absolute atomic E-state index is 0.0998. The van der Waals surface area contributed by atoms with Crippen molar-refractivity contribution >= 4 is 40.6 Å². The van der Waals surface area contributed by atoms with Crippen LogP contribution in [-0.2, 0) is 0 Å². The Morgan fingerprint density at radius 2 is 1.86 bits per heavy atom. The van der Waals surface area contributed by atoms with Crippen LogP contribution in [0.1, 0.15) is 18.5 Å². The summed E-state index contributed by atoms with van der Waals surface area (Å²) < 4.78 is 0. The molecule has 1 unspecified atom stereocenters. The van der Waals surface area contributed by atoms with Crippen molar-refractivity contribution in [2.24, 2.45) is 5.73 Å². The maximum Gasteiger partial charge on any atom is 0.323 e. The van der Waals surface area contributed by atoms with Crippen LogP contribution in [0.3, 0.4) is 0 Å². The van der Waals surface area contributed by atoms with Gasteiger partial charge in [-0.2, -0.15) is 0 Å². The normalized spacial score (nSPS) is 11.8. The van der Waals surface area contributed by atoms with Gasteiger partial charge in [-0.25, -0.2) is 4.79 Å². The zero-order chi connectivity index (χ0) is 15.4. The van der Waals surface area contributed by atoms with E-state index in [-0.39, 0.29) is 6.04 Å². The lowest BCUT2D eigenvalue weighted by molar-refractivity contribution is 0.262. The molecule has 0 aliphatic heterocycles. The molecule has 0 aliphatic rings. The third-order valence-corrected chi connectivity index (χ3v) is 3.69. The monoisotopic (exact) mass is 323 g/mol. The van der Waals surface area contributed by atoms with Crippen LogP contribution in [0.25, 0.3) is 0 Å². The van der Waals surface area contributed by atoms with Crippen molar-refractivity contribution in [3.05, 3.63) is 58.1 Å². The fraction of sp³-hybridized carbons (Fsp3) is 0.133. The van der Waals surface area contributed by atoms with Crippen molar-refractivity contribution < 1.29 is 4.79 Å². The molecule has 0 heterocycles. The first-order chi connectivity index (χ1) is 9.97. The van der Waals surface area contributed by atoms with E-state index in [1.165, 1.54) is 0 Å². The fourth-order valence-corrected chi connectivity index (χ4v) is 2.13. The van der Waals surface area contributed by atoms with Gasteiger partial charge in [-0.3, -0.25) is 0 Å². The van der Waals surface area contributed by atoms with Gasteiger partial charge in [0.05, 0.1) is 15.7 Å². The number of halogens is 2. The number of benzene rings is 2. The molecule has 4 N–H and O–H groups in total. The molecule has 0 radical (unpaired) electrons. The van der Waals surface area contributed by atoms with Crippen LogP contribution in [-0.4, -0.2) is 6.03 Å². The van der Waals surface area contributed by atoms with Crippen LogP contribution in [0.4, 0.5) is 16.2 Å². The Morgan fingerprint density at radius 3 is 2.57 bits per heavy atom. The number of amides is 2. The van der Waals surface area contributed by atoms with Crippen LogP contribution < -0.4 is 16.4 Å². The summed E-state index contributed by atoms with van der Waals surface area (Å²) in [5, 5.41) is 6.06. The Hall–Kier alpha value is -1.75. The number of nitrogens with two attached hydrogens (primary N) is 1. The lowest BCUT2D eigenvalue weighted by atomic mass is 10.1. The Bertz CT molecular complexity index is 659. The maximum atomic E-state index is 12.0. The zero-order valence-electron chi connectivity index (χ0n) is 11.4. The first-order valence-corrected chi connectivity index (χ1v) is 7.10. The number of urea groups is 1. The van der Waals surface area contributed by atoms with Crippen molar-refractivity contribution in [2.75, 3.05) is 10.6 Å². The molecule has 6 heteroatoms. The number of carbonyl (C=O) groups excluding carboxylic acids is 1. The average Bonchev–Trinajstić information content (AvgIpc) is 2.44. The summed E-state index contributed by atoms with van der Waals surface area (Å²) in [6.07, 6.45) is 0. The molecular formula is C15H15Cl2N3O. The standard InChI is InChI=1S/C15H15Cl2N3O/c1-9(18)10-4-2-5-11(8-10)19-15(21)20-13-7-3-6-12(16)14(13)17/h2-9H,18H2,1H3,(H2,19,20,21). The quantitative estimate of drug-likeness (QED) is 0.769. The second-order valence-electron chi connectivity index (χ2n) is 4.59. The van der Waals surface area contributed by atoms with Crippen LogP contribution in [0.15, 0.2) is 42.5 Å².